The van der Waals surface area contributed by atoms with Gasteiger partial charge in [0.1, 0.15) is 0 Å². The van der Waals surface area contributed by atoms with Gasteiger partial charge in [-0.05, 0) is 24.6 Å². The van der Waals surface area contributed by atoms with Crippen molar-refractivity contribution in [2.45, 2.75) is 6.92 Å². The van der Waals surface area contributed by atoms with Crippen LogP contribution < -0.4 is 11.1 Å². The summed E-state index contributed by atoms with van der Waals surface area (Å²) in [7, 11) is 0. The Morgan fingerprint density at radius 3 is 3.07 bits per heavy atom. The molecule has 1 unspecified atom stereocenters. The fraction of sp³-hybridized carbons (Fsp3) is 0.400. The lowest BCUT2D eigenvalue weighted by atomic mass is 10.2. The first-order chi connectivity index (χ1) is 6.74. The molecule has 1 amide bonds. The van der Waals surface area contributed by atoms with Crippen LogP contribution in [0.4, 0.5) is 0 Å². The van der Waals surface area contributed by atoms with Gasteiger partial charge in [0.15, 0.2) is 0 Å². The van der Waals surface area contributed by atoms with E-state index < -0.39 is 0 Å². The maximum atomic E-state index is 11.5. The molecular formula is C10H15N3O. The van der Waals surface area contributed by atoms with E-state index in [2.05, 4.69) is 10.3 Å². The van der Waals surface area contributed by atoms with Crippen LogP contribution in [-0.2, 0) is 0 Å². The van der Waals surface area contributed by atoms with Gasteiger partial charge in [-0.3, -0.25) is 9.78 Å². The Bertz CT molecular complexity index is 287. The summed E-state index contributed by atoms with van der Waals surface area (Å²) in [6, 6.07) is 3.47. The van der Waals surface area contributed by atoms with E-state index in [-0.39, 0.29) is 5.91 Å². The SMILES string of the molecule is CC(CN)CNC(=O)c1cccnc1. The third-order valence-corrected chi connectivity index (χ3v) is 1.94. The molecule has 1 aromatic rings. The number of nitrogens with zero attached hydrogens (tertiary/aromatic N) is 1. The normalized spacial score (nSPS) is 12.1. The van der Waals surface area contributed by atoms with Crippen LogP contribution in [0.5, 0.6) is 0 Å². The molecule has 1 atom stereocenters. The van der Waals surface area contributed by atoms with Crippen molar-refractivity contribution < 1.29 is 4.79 Å². The zero-order valence-electron chi connectivity index (χ0n) is 8.23. The number of carbonyl (C=O) groups excluding carboxylic acids is 1. The topological polar surface area (TPSA) is 68.0 Å². The molecule has 76 valence electrons. The number of carbonyl (C=O) groups is 1. The van der Waals surface area contributed by atoms with Crippen LogP contribution in [0.1, 0.15) is 17.3 Å². The summed E-state index contributed by atoms with van der Waals surface area (Å²) in [6.07, 6.45) is 3.18. The van der Waals surface area contributed by atoms with E-state index in [1.807, 2.05) is 6.92 Å². The molecule has 1 rings (SSSR count). The maximum absolute atomic E-state index is 11.5. The molecule has 0 spiro atoms. The molecule has 0 saturated carbocycles. The van der Waals surface area contributed by atoms with Crippen LogP contribution >= 0.6 is 0 Å². The lowest BCUT2D eigenvalue weighted by Gasteiger charge is -2.09. The lowest BCUT2D eigenvalue weighted by molar-refractivity contribution is 0.0948. The highest BCUT2D eigenvalue weighted by molar-refractivity contribution is 5.93. The van der Waals surface area contributed by atoms with Crippen LogP contribution in [0.15, 0.2) is 24.5 Å². The molecule has 1 aromatic heterocycles. The smallest absolute Gasteiger partial charge is 0.252 e. The van der Waals surface area contributed by atoms with Gasteiger partial charge in [-0.2, -0.15) is 0 Å². The van der Waals surface area contributed by atoms with Gasteiger partial charge in [-0.25, -0.2) is 0 Å². The molecule has 14 heavy (non-hydrogen) atoms. The third-order valence-electron chi connectivity index (χ3n) is 1.94. The molecule has 3 N–H and O–H groups in total. The van der Waals surface area contributed by atoms with Crippen molar-refractivity contribution in [2.24, 2.45) is 11.7 Å². The molecule has 0 aliphatic carbocycles. The van der Waals surface area contributed by atoms with Crippen molar-refractivity contribution in [1.82, 2.24) is 10.3 Å². The first kappa shape index (κ1) is 10.7. The number of nitrogens with one attached hydrogen (secondary N) is 1. The number of hydrogen-bond donors (Lipinski definition) is 2. The minimum atomic E-state index is -0.0987. The van der Waals surface area contributed by atoms with Crippen molar-refractivity contribution in [1.29, 1.82) is 0 Å². The standard InChI is InChI=1S/C10H15N3O/c1-8(5-11)6-13-10(14)9-3-2-4-12-7-9/h2-4,7-8H,5-6,11H2,1H3,(H,13,14). The van der Waals surface area contributed by atoms with Crippen molar-refractivity contribution in [2.75, 3.05) is 13.1 Å². The van der Waals surface area contributed by atoms with Crippen molar-refractivity contribution in [3.05, 3.63) is 30.1 Å². The van der Waals surface area contributed by atoms with E-state index in [0.717, 1.165) is 0 Å². The fourth-order valence-corrected chi connectivity index (χ4v) is 0.949. The van der Waals surface area contributed by atoms with Gasteiger partial charge in [0.2, 0.25) is 0 Å². The Balaban J connectivity index is 2.44. The van der Waals surface area contributed by atoms with Gasteiger partial charge in [0.05, 0.1) is 5.56 Å². The van der Waals surface area contributed by atoms with Crippen molar-refractivity contribution in [3.63, 3.8) is 0 Å². The molecule has 0 fully saturated rings. The fourth-order valence-electron chi connectivity index (χ4n) is 0.949. The molecule has 0 aliphatic heterocycles. The van der Waals surface area contributed by atoms with E-state index in [0.29, 0.717) is 24.6 Å². The highest BCUT2D eigenvalue weighted by Gasteiger charge is 2.05. The zero-order valence-corrected chi connectivity index (χ0v) is 8.23. The Labute approximate surface area is 83.5 Å². The summed E-state index contributed by atoms with van der Waals surface area (Å²) in [6.45, 7) is 3.17. The maximum Gasteiger partial charge on any atom is 0.252 e. The van der Waals surface area contributed by atoms with Crippen LogP contribution in [0.3, 0.4) is 0 Å². The van der Waals surface area contributed by atoms with E-state index in [1.54, 1.807) is 24.5 Å². The number of hydrogen-bond acceptors (Lipinski definition) is 3. The number of nitrogens with two attached hydrogens (primary N) is 1. The van der Waals surface area contributed by atoms with Gasteiger partial charge >= 0.3 is 0 Å². The summed E-state index contributed by atoms with van der Waals surface area (Å²) in [5.41, 5.74) is 6.01. The Hall–Kier alpha value is -1.42. The largest absolute Gasteiger partial charge is 0.352 e. The highest BCUT2D eigenvalue weighted by Crippen LogP contribution is 1.96. The highest BCUT2D eigenvalue weighted by atomic mass is 16.1. The van der Waals surface area contributed by atoms with E-state index >= 15 is 0 Å². The summed E-state index contributed by atoms with van der Waals surface area (Å²) in [5, 5.41) is 2.79. The molecule has 0 aliphatic rings. The number of pyridine rings is 1. The van der Waals surface area contributed by atoms with Gasteiger partial charge in [-0.1, -0.05) is 6.92 Å². The number of rotatable bonds is 4. The Morgan fingerprint density at radius 2 is 2.50 bits per heavy atom. The van der Waals surface area contributed by atoms with Gasteiger partial charge < -0.3 is 11.1 Å². The molecule has 1 heterocycles. The van der Waals surface area contributed by atoms with E-state index in [4.69, 9.17) is 5.73 Å². The first-order valence-corrected chi connectivity index (χ1v) is 4.62. The quantitative estimate of drug-likeness (QED) is 0.727. The van der Waals surface area contributed by atoms with Crippen LogP contribution in [0.25, 0.3) is 0 Å². The first-order valence-electron chi connectivity index (χ1n) is 4.62. The van der Waals surface area contributed by atoms with Crippen LogP contribution in [0, 0.1) is 5.92 Å². The average Bonchev–Trinajstić information content (AvgIpc) is 2.26. The summed E-state index contributed by atoms with van der Waals surface area (Å²) < 4.78 is 0. The Kier molecular flexibility index (Phi) is 4.07. The molecule has 0 saturated heterocycles. The molecule has 4 heteroatoms. The summed E-state index contributed by atoms with van der Waals surface area (Å²) in [5.74, 6) is 0.203. The second-order valence-corrected chi connectivity index (χ2v) is 3.29. The molecular weight excluding hydrogens is 178 g/mol. The van der Waals surface area contributed by atoms with Crippen molar-refractivity contribution in [3.8, 4) is 0 Å². The average molecular weight is 193 g/mol. The number of amides is 1. The lowest BCUT2D eigenvalue weighted by Crippen LogP contribution is -2.31. The second kappa shape index (κ2) is 5.34. The summed E-state index contributed by atoms with van der Waals surface area (Å²) in [4.78, 5) is 15.3. The minimum Gasteiger partial charge on any atom is -0.352 e. The van der Waals surface area contributed by atoms with E-state index in [9.17, 15) is 4.79 Å². The van der Waals surface area contributed by atoms with Crippen LogP contribution in [-0.4, -0.2) is 24.0 Å². The predicted octanol–water partition coefficient (Wildman–Crippen LogP) is 0.406. The van der Waals surface area contributed by atoms with E-state index in [1.165, 1.54) is 0 Å². The minimum absolute atomic E-state index is 0.0987. The predicted molar refractivity (Wildman–Crippen MR) is 54.8 cm³/mol. The van der Waals surface area contributed by atoms with Crippen molar-refractivity contribution >= 4 is 5.91 Å². The van der Waals surface area contributed by atoms with Gasteiger partial charge in [0.25, 0.3) is 5.91 Å². The summed E-state index contributed by atoms with van der Waals surface area (Å²) >= 11 is 0. The van der Waals surface area contributed by atoms with Gasteiger partial charge in [0, 0.05) is 18.9 Å². The zero-order chi connectivity index (χ0) is 10.4. The second-order valence-electron chi connectivity index (χ2n) is 3.29. The molecule has 4 nitrogen and oxygen atoms in total. The molecule has 0 radical (unpaired) electrons. The van der Waals surface area contributed by atoms with Gasteiger partial charge in [-0.15, -0.1) is 0 Å². The number of aromatic nitrogens is 1. The molecule has 0 bridgehead atoms. The third kappa shape index (κ3) is 3.14. The molecule has 0 aromatic carbocycles. The van der Waals surface area contributed by atoms with Crippen LogP contribution in [0.2, 0.25) is 0 Å². The Morgan fingerprint density at radius 1 is 1.71 bits per heavy atom. The monoisotopic (exact) mass is 193 g/mol.